The van der Waals surface area contributed by atoms with Gasteiger partial charge < -0.3 is 15.5 Å². The molecule has 0 atom stereocenters. The van der Waals surface area contributed by atoms with Gasteiger partial charge in [-0.25, -0.2) is 4.79 Å². The van der Waals surface area contributed by atoms with E-state index in [1.54, 1.807) is 20.8 Å². The van der Waals surface area contributed by atoms with Crippen molar-refractivity contribution in [2.45, 2.75) is 32.5 Å². The highest BCUT2D eigenvalue weighted by Crippen LogP contribution is 2.31. The third kappa shape index (κ3) is 6.48. The fourth-order valence-corrected chi connectivity index (χ4v) is 1.52. The van der Waals surface area contributed by atoms with Gasteiger partial charge in [-0.15, -0.1) is 0 Å². The second kappa shape index (κ2) is 7.24. The standard InChI is InChI=1S/C15H18F3N3O2/c1-14(2,3)23-13(22)20-8-4-5-10-6-7-11(15(16,17)18)9-12(10)21-19/h6-7,9,21H,8,19H2,1-3H3,(H,20,22). The molecule has 0 saturated carbocycles. The topological polar surface area (TPSA) is 76.4 Å². The van der Waals surface area contributed by atoms with Gasteiger partial charge in [0.1, 0.15) is 5.60 Å². The van der Waals surface area contributed by atoms with Gasteiger partial charge in [0.15, 0.2) is 0 Å². The van der Waals surface area contributed by atoms with Crippen LogP contribution in [0.3, 0.4) is 0 Å². The van der Waals surface area contributed by atoms with Gasteiger partial charge in [0.25, 0.3) is 0 Å². The van der Waals surface area contributed by atoms with Gasteiger partial charge in [0.2, 0.25) is 0 Å². The lowest BCUT2D eigenvalue weighted by molar-refractivity contribution is -0.137. The molecule has 1 amide bonds. The summed E-state index contributed by atoms with van der Waals surface area (Å²) in [6, 6.07) is 2.98. The lowest BCUT2D eigenvalue weighted by atomic mass is 10.1. The van der Waals surface area contributed by atoms with E-state index >= 15 is 0 Å². The van der Waals surface area contributed by atoms with Crippen molar-refractivity contribution >= 4 is 11.8 Å². The summed E-state index contributed by atoms with van der Waals surface area (Å²) >= 11 is 0. The van der Waals surface area contributed by atoms with Crippen LogP contribution in [0.5, 0.6) is 0 Å². The number of hydrogen-bond donors (Lipinski definition) is 3. The van der Waals surface area contributed by atoms with E-state index in [1.807, 2.05) is 0 Å². The summed E-state index contributed by atoms with van der Waals surface area (Å²) in [6.45, 7) is 5.15. The zero-order valence-corrected chi connectivity index (χ0v) is 13.0. The van der Waals surface area contributed by atoms with Crippen molar-refractivity contribution in [1.82, 2.24) is 5.32 Å². The maximum absolute atomic E-state index is 12.6. The number of ether oxygens (including phenoxy) is 1. The summed E-state index contributed by atoms with van der Waals surface area (Å²) in [5.74, 6) is 10.5. The highest BCUT2D eigenvalue weighted by Gasteiger charge is 2.30. The van der Waals surface area contributed by atoms with Gasteiger partial charge in [-0.3, -0.25) is 5.84 Å². The number of carbonyl (C=O) groups is 1. The number of nitrogens with two attached hydrogens (primary N) is 1. The number of hydrogen-bond acceptors (Lipinski definition) is 4. The first-order chi connectivity index (χ1) is 10.5. The Morgan fingerprint density at radius 3 is 2.48 bits per heavy atom. The molecule has 1 rings (SSSR count). The molecule has 0 aliphatic heterocycles. The number of halogens is 3. The van der Waals surface area contributed by atoms with E-state index in [9.17, 15) is 18.0 Å². The van der Waals surface area contributed by atoms with E-state index in [0.717, 1.165) is 12.1 Å². The minimum Gasteiger partial charge on any atom is -0.444 e. The van der Waals surface area contributed by atoms with Crippen molar-refractivity contribution in [3.8, 4) is 11.8 Å². The molecule has 23 heavy (non-hydrogen) atoms. The molecule has 0 unspecified atom stereocenters. The number of anilines is 1. The van der Waals surface area contributed by atoms with Crippen molar-refractivity contribution in [2.24, 2.45) is 5.84 Å². The van der Waals surface area contributed by atoms with Crippen molar-refractivity contribution in [1.29, 1.82) is 0 Å². The van der Waals surface area contributed by atoms with Gasteiger partial charge in [0, 0.05) is 5.56 Å². The SMILES string of the molecule is CC(C)(C)OC(=O)NCC#Cc1ccc(C(F)(F)F)cc1NN. The minimum atomic E-state index is -4.46. The number of benzene rings is 1. The van der Waals surface area contributed by atoms with Gasteiger partial charge in [-0.05, 0) is 39.0 Å². The summed E-state index contributed by atoms with van der Waals surface area (Å²) in [6.07, 6.45) is -5.09. The Morgan fingerprint density at radius 2 is 1.96 bits per heavy atom. The number of alkyl halides is 3. The van der Waals surface area contributed by atoms with Crippen molar-refractivity contribution in [3.63, 3.8) is 0 Å². The maximum Gasteiger partial charge on any atom is 0.416 e. The molecule has 0 bridgehead atoms. The number of nitrogen functional groups attached to an aromatic ring is 1. The molecule has 0 fully saturated rings. The summed E-state index contributed by atoms with van der Waals surface area (Å²) in [5, 5.41) is 2.42. The molecule has 126 valence electrons. The Balaban J connectivity index is 2.74. The molecule has 0 spiro atoms. The first-order valence-electron chi connectivity index (χ1n) is 6.66. The van der Waals surface area contributed by atoms with E-state index in [4.69, 9.17) is 10.6 Å². The van der Waals surface area contributed by atoms with E-state index < -0.39 is 23.4 Å². The zero-order chi connectivity index (χ0) is 17.7. The molecule has 4 N–H and O–H groups in total. The smallest absolute Gasteiger partial charge is 0.416 e. The van der Waals surface area contributed by atoms with Crippen LogP contribution in [-0.2, 0) is 10.9 Å². The fraction of sp³-hybridized carbons (Fsp3) is 0.400. The number of hydrazine groups is 1. The van der Waals surface area contributed by atoms with Crippen LogP contribution in [0.25, 0.3) is 0 Å². The van der Waals surface area contributed by atoms with Crippen LogP contribution in [0, 0.1) is 11.8 Å². The van der Waals surface area contributed by atoms with Crippen LogP contribution in [0.4, 0.5) is 23.7 Å². The largest absolute Gasteiger partial charge is 0.444 e. The zero-order valence-electron chi connectivity index (χ0n) is 13.0. The average molecular weight is 329 g/mol. The van der Waals surface area contributed by atoms with Gasteiger partial charge in [0.05, 0.1) is 17.8 Å². The molecule has 1 aromatic carbocycles. The molecule has 0 aromatic heterocycles. The molecular weight excluding hydrogens is 311 g/mol. The Hall–Kier alpha value is -2.40. The number of amides is 1. The Bertz CT molecular complexity index is 626. The molecule has 8 heteroatoms. The van der Waals surface area contributed by atoms with E-state index in [2.05, 4.69) is 22.6 Å². The summed E-state index contributed by atoms with van der Waals surface area (Å²) < 4.78 is 42.8. The Morgan fingerprint density at radius 1 is 1.30 bits per heavy atom. The van der Waals surface area contributed by atoms with Gasteiger partial charge in [-0.1, -0.05) is 11.8 Å². The van der Waals surface area contributed by atoms with E-state index in [-0.39, 0.29) is 17.8 Å². The van der Waals surface area contributed by atoms with E-state index in [1.165, 1.54) is 6.07 Å². The molecular formula is C15H18F3N3O2. The molecule has 1 aromatic rings. The lowest BCUT2D eigenvalue weighted by Gasteiger charge is -2.19. The van der Waals surface area contributed by atoms with Crippen molar-refractivity contribution < 1.29 is 22.7 Å². The number of alkyl carbamates (subject to hydrolysis) is 1. The predicted molar refractivity (Wildman–Crippen MR) is 80.4 cm³/mol. The third-order valence-electron chi connectivity index (χ3n) is 2.45. The number of nitrogens with one attached hydrogen (secondary N) is 2. The molecule has 0 aliphatic carbocycles. The first kappa shape index (κ1) is 18.6. The average Bonchev–Trinajstić information content (AvgIpc) is 2.40. The van der Waals surface area contributed by atoms with Crippen molar-refractivity contribution in [3.05, 3.63) is 29.3 Å². The number of carbonyl (C=O) groups excluding carboxylic acids is 1. The number of rotatable bonds is 2. The molecule has 0 saturated heterocycles. The highest BCUT2D eigenvalue weighted by molar-refractivity contribution is 5.68. The predicted octanol–water partition coefficient (Wildman–Crippen LogP) is 2.87. The Kier molecular flexibility index (Phi) is 5.87. The van der Waals surface area contributed by atoms with Crippen molar-refractivity contribution in [2.75, 3.05) is 12.0 Å². The monoisotopic (exact) mass is 329 g/mol. The van der Waals surface area contributed by atoms with Gasteiger partial charge >= 0.3 is 12.3 Å². The maximum atomic E-state index is 12.6. The highest BCUT2D eigenvalue weighted by atomic mass is 19.4. The fourth-order valence-electron chi connectivity index (χ4n) is 1.52. The third-order valence-corrected chi connectivity index (χ3v) is 2.45. The molecule has 0 aliphatic rings. The molecule has 5 nitrogen and oxygen atoms in total. The van der Waals surface area contributed by atoms with Gasteiger partial charge in [-0.2, -0.15) is 13.2 Å². The Labute approximate surface area is 132 Å². The normalized spacial score (nSPS) is 11.3. The van der Waals surface area contributed by atoms with Crippen LogP contribution in [0.15, 0.2) is 18.2 Å². The summed E-state index contributed by atoms with van der Waals surface area (Å²) in [5.41, 5.74) is 1.05. The van der Waals surface area contributed by atoms with E-state index in [0.29, 0.717) is 0 Å². The molecule has 0 radical (unpaired) electrons. The first-order valence-corrected chi connectivity index (χ1v) is 6.66. The molecule has 0 heterocycles. The second-order valence-corrected chi connectivity index (χ2v) is 5.56. The minimum absolute atomic E-state index is 0.0139. The summed E-state index contributed by atoms with van der Waals surface area (Å²) in [7, 11) is 0. The summed E-state index contributed by atoms with van der Waals surface area (Å²) in [4.78, 5) is 11.4. The second-order valence-electron chi connectivity index (χ2n) is 5.56. The van der Waals surface area contributed by atoms with Crippen LogP contribution < -0.4 is 16.6 Å². The quantitative estimate of drug-likeness (QED) is 0.443. The van der Waals surface area contributed by atoms with Crippen LogP contribution in [-0.4, -0.2) is 18.2 Å². The lowest BCUT2D eigenvalue weighted by Crippen LogP contribution is -2.32. The van der Waals surface area contributed by atoms with Crippen LogP contribution in [0.2, 0.25) is 0 Å². The van der Waals surface area contributed by atoms with Crippen LogP contribution in [0.1, 0.15) is 31.9 Å². The van der Waals surface area contributed by atoms with Crippen LogP contribution >= 0.6 is 0 Å².